The maximum Gasteiger partial charge on any atom is 0.161 e. The first-order valence-corrected chi connectivity index (χ1v) is 9.17. The third kappa shape index (κ3) is 2.94. The largest absolute Gasteiger partial charge is 0.491 e. The van der Waals surface area contributed by atoms with Crippen LogP contribution in [0.1, 0.15) is 37.7 Å². The number of hydrogen-bond acceptors (Lipinski definition) is 5. The Morgan fingerprint density at radius 1 is 1.35 bits per heavy atom. The predicted octanol–water partition coefficient (Wildman–Crippen LogP) is 4.12. The van der Waals surface area contributed by atoms with Crippen LogP contribution in [-0.4, -0.2) is 24.3 Å². The zero-order chi connectivity index (χ0) is 19.0. The number of hydrogen-bond donors (Lipinski definition) is 1. The Morgan fingerprint density at radius 3 is 2.58 bits per heavy atom. The molecule has 1 aromatic rings. The van der Waals surface area contributed by atoms with Crippen molar-refractivity contribution in [3.63, 3.8) is 0 Å². The van der Waals surface area contributed by atoms with Crippen LogP contribution in [0, 0.1) is 11.3 Å². The van der Waals surface area contributed by atoms with Gasteiger partial charge in [-0.2, -0.15) is 5.26 Å². The van der Waals surface area contributed by atoms with Crippen LogP contribution >= 0.6 is 23.2 Å². The minimum Gasteiger partial charge on any atom is -0.491 e. The van der Waals surface area contributed by atoms with E-state index in [1.54, 1.807) is 24.1 Å². The number of rotatable bonds is 3. The summed E-state index contributed by atoms with van der Waals surface area (Å²) in [4.78, 5) is 14.5. The normalized spacial score (nSPS) is 20.2. The summed E-state index contributed by atoms with van der Waals surface area (Å²) in [6.45, 7) is 2.27. The SMILES string of the molecule is CCOc1c(Cl)cc([C@@H]2C(C#N)=C(N)N(C)C3=C2C(=O)CCC3)cc1Cl. The molecule has 1 aliphatic heterocycles. The number of halogens is 2. The number of nitrogens with zero attached hydrogens (tertiary/aromatic N) is 2. The molecule has 1 aliphatic carbocycles. The summed E-state index contributed by atoms with van der Waals surface area (Å²) in [6.07, 6.45) is 1.97. The van der Waals surface area contributed by atoms with Gasteiger partial charge in [-0.1, -0.05) is 23.2 Å². The van der Waals surface area contributed by atoms with E-state index in [0.717, 1.165) is 18.5 Å². The number of ketones is 1. The van der Waals surface area contributed by atoms with Crippen molar-refractivity contribution in [1.29, 1.82) is 5.26 Å². The van der Waals surface area contributed by atoms with Crippen LogP contribution in [0.5, 0.6) is 5.75 Å². The molecule has 1 heterocycles. The molecule has 0 fully saturated rings. The second-order valence-electron chi connectivity index (χ2n) is 6.29. The maximum absolute atomic E-state index is 12.7. The molecule has 26 heavy (non-hydrogen) atoms. The van der Waals surface area contributed by atoms with Crippen LogP contribution in [0.25, 0.3) is 0 Å². The number of carbonyl (C=O) groups is 1. The highest BCUT2D eigenvalue weighted by Gasteiger charge is 2.39. The van der Waals surface area contributed by atoms with E-state index in [9.17, 15) is 10.1 Å². The van der Waals surface area contributed by atoms with E-state index >= 15 is 0 Å². The van der Waals surface area contributed by atoms with Gasteiger partial charge in [-0.25, -0.2) is 0 Å². The number of benzene rings is 1. The van der Waals surface area contributed by atoms with Crippen LogP contribution in [0.2, 0.25) is 10.0 Å². The molecule has 0 aromatic heterocycles. The van der Waals surface area contributed by atoms with Crippen LogP contribution in [-0.2, 0) is 4.79 Å². The molecule has 0 saturated carbocycles. The fourth-order valence-corrected chi connectivity index (χ4v) is 4.24. The van der Waals surface area contributed by atoms with Crippen LogP contribution in [0.4, 0.5) is 0 Å². The first-order chi connectivity index (χ1) is 12.4. The van der Waals surface area contributed by atoms with Crippen LogP contribution in [0.15, 0.2) is 34.8 Å². The number of allylic oxidation sites excluding steroid dienone is 3. The lowest BCUT2D eigenvalue weighted by molar-refractivity contribution is -0.116. The van der Waals surface area contributed by atoms with Gasteiger partial charge in [0.2, 0.25) is 0 Å². The van der Waals surface area contributed by atoms with Crippen molar-refractivity contribution in [1.82, 2.24) is 4.90 Å². The Kier molecular flexibility index (Phi) is 5.17. The van der Waals surface area contributed by atoms with E-state index in [1.165, 1.54) is 0 Å². The van der Waals surface area contributed by atoms with Crippen molar-refractivity contribution in [2.75, 3.05) is 13.7 Å². The zero-order valence-corrected chi connectivity index (χ0v) is 16.1. The number of Topliss-reactive ketones (excluding diaryl/α,β-unsaturated/α-hetero) is 1. The minimum atomic E-state index is -0.565. The van der Waals surface area contributed by atoms with Crippen molar-refractivity contribution in [3.8, 4) is 11.8 Å². The van der Waals surface area contributed by atoms with E-state index in [4.69, 9.17) is 33.7 Å². The van der Waals surface area contributed by atoms with Gasteiger partial charge in [0, 0.05) is 24.7 Å². The molecule has 0 saturated heterocycles. The molecule has 136 valence electrons. The van der Waals surface area contributed by atoms with E-state index in [0.29, 0.717) is 51.4 Å². The summed E-state index contributed by atoms with van der Waals surface area (Å²) < 4.78 is 5.48. The average Bonchev–Trinajstić information content (AvgIpc) is 2.61. The first-order valence-electron chi connectivity index (χ1n) is 8.42. The summed E-state index contributed by atoms with van der Waals surface area (Å²) in [5.74, 6) is 0.216. The van der Waals surface area contributed by atoms with Crippen molar-refractivity contribution >= 4 is 29.0 Å². The van der Waals surface area contributed by atoms with Crippen LogP contribution in [0.3, 0.4) is 0 Å². The van der Waals surface area contributed by atoms with Gasteiger partial charge in [-0.3, -0.25) is 4.79 Å². The topological polar surface area (TPSA) is 79.3 Å². The second kappa shape index (κ2) is 7.22. The third-order valence-corrected chi connectivity index (χ3v) is 5.37. The summed E-state index contributed by atoms with van der Waals surface area (Å²) in [7, 11) is 1.79. The summed E-state index contributed by atoms with van der Waals surface area (Å²) in [5.41, 5.74) is 8.69. The maximum atomic E-state index is 12.7. The van der Waals surface area contributed by atoms with Gasteiger partial charge in [-0.15, -0.1) is 0 Å². The first kappa shape index (κ1) is 18.6. The van der Waals surface area contributed by atoms with E-state index < -0.39 is 5.92 Å². The fraction of sp³-hybridized carbons (Fsp3) is 0.368. The molecule has 0 bridgehead atoms. The van der Waals surface area contributed by atoms with E-state index in [1.807, 2.05) is 6.92 Å². The van der Waals surface area contributed by atoms with Gasteiger partial charge in [0.25, 0.3) is 0 Å². The Bertz CT molecular complexity index is 860. The summed E-state index contributed by atoms with van der Waals surface area (Å²) in [5, 5.41) is 10.4. The van der Waals surface area contributed by atoms with Gasteiger partial charge < -0.3 is 15.4 Å². The quantitative estimate of drug-likeness (QED) is 0.837. The summed E-state index contributed by atoms with van der Waals surface area (Å²) >= 11 is 12.7. The monoisotopic (exact) mass is 391 g/mol. The van der Waals surface area contributed by atoms with Gasteiger partial charge >= 0.3 is 0 Å². The number of ether oxygens (including phenoxy) is 1. The lowest BCUT2D eigenvalue weighted by Crippen LogP contribution is -2.36. The molecule has 1 aromatic carbocycles. The second-order valence-corrected chi connectivity index (χ2v) is 7.10. The Balaban J connectivity index is 2.22. The fourth-order valence-electron chi connectivity index (χ4n) is 3.62. The smallest absolute Gasteiger partial charge is 0.161 e. The molecular weight excluding hydrogens is 373 g/mol. The molecule has 2 aliphatic rings. The highest BCUT2D eigenvalue weighted by Crippen LogP contribution is 2.46. The average molecular weight is 392 g/mol. The molecule has 5 nitrogen and oxygen atoms in total. The zero-order valence-electron chi connectivity index (χ0n) is 14.6. The van der Waals surface area contributed by atoms with E-state index in [-0.39, 0.29) is 5.78 Å². The lowest BCUT2D eigenvalue weighted by atomic mass is 9.76. The van der Waals surface area contributed by atoms with E-state index in [2.05, 4.69) is 6.07 Å². The molecular formula is C19H19Cl2N3O2. The third-order valence-electron chi connectivity index (χ3n) is 4.81. The number of nitriles is 1. The standard InChI is InChI=1S/C19H19Cl2N3O2/c1-3-26-18-12(20)7-10(8-13(18)21)16-11(9-22)19(23)24(2)14-5-4-6-15(25)17(14)16/h7-8,16H,3-6,23H2,1-2H3/t16-/m1/s1. The minimum absolute atomic E-state index is 0.0319. The molecule has 0 amide bonds. The Morgan fingerprint density at radius 2 is 2.00 bits per heavy atom. The number of nitrogens with two attached hydrogens (primary N) is 1. The van der Waals surface area contributed by atoms with Gasteiger partial charge in [0.05, 0.1) is 34.2 Å². The summed E-state index contributed by atoms with van der Waals surface area (Å²) in [6, 6.07) is 5.57. The molecule has 0 unspecified atom stereocenters. The van der Waals surface area contributed by atoms with Crippen LogP contribution < -0.4 is 10.5 Å². The molecule has 2 N–H and O–H groups in total. The van der Waals surface area contributed by atoms with Crippen molar-refractivity contribution in [2.45, 2.75) is 32.1 Å². The molecule has 0 radical (unpaired) electrons. The Hall–Kier alpha value is -2.16. The van der Waals surface area contributed by atoms with Crippen molar-refractivity contribution in [2.24, 2.45) is 5.73 Å². The van der Waals surface area contributed by atoms with Crippen molar-refractivity contribution < 1.29 is 9.53 Å². The Labute approximate surface area is 162 Å². The molecule has 3 rings (SSSR count). The molecule has 7 heteroatoms. The highest BCUT2D eigenvalue weighted by atomic mass is 35.5. The van der Waals surface area contributed by atoms with Gasteiger partial charge in [-0.05, 0) is 37.5 Å². The van der Waals surface area contributed by atoms with Gasteiger partial charge in [0.1, 0.15) is 5.82 Å². The van der Waals surface area contributed by atoms with Crippen molar-refractivity contribution in [3.05, 3.63) is 50.4 Å². The molecule has 1 atom stereocenters. The molecule has 0 spiro atoms. The lowest BCUT2D eigenvalue weighted by Gasteiger charge is -2.37. The predicted molar refractivity (Wildman–Crippen MR) is 101 cm³/mol. The highest BCUT2D eigenvalue weighted by molar-refractivity contribution is 6.37. The number of carbonyl (C=O) groups excluding carboxylic acids is 1. The van der Waals surface area contributed by atoms with Gasteiger partial charge in [0.15, 0.2) is 11.5 Å².